The summed E-state index contributed by atoms with van der Waals surface area (Å²) in [6, 6.07) is 0.707. The van der Waals surface area contributed by atoms with E-state index in [1.807, 2.05) is 17.9 Å². The molecule has 3 atom stereocenters. The smallest absolute Gasteiger partial charge is 0.0521 e. The van der Waals surface area contributed by atoms with E-state index in [4.69, 9.17) is 0 Å². The fourth-order valence-corrected chi connectivity index (χ4v) is 3.67. The second-order valence-electron chi connectivity index (χ2n) is 6.12. The molecule has 1 aromatic rings. The number of aromatic nitrogens is 2. The van der Waals surface area contributed by atoms with Crippen molar-refractivity contribution in [3.63, 3.8) is 0 Å². The summed E-state index contributed by atoms with van der Waals surface area (Å²) in [4.78, 5) is 0. The lowest BCUT2D eigenvalue weighted by molar-refractivity contribution is 0.195. The second-order valence-corrected chi connectivity index (χ2v) is 6.12. The summed E-state index contributed by atoms with van der Waals surface area (Å²) < 4.78 is 1.92. The molecule has 1 heterocycles. The highest BCUT2D eigenvalue weighted by molar-refractivity contribution is 5.06. The third-order valence-corrected chi connectivity index (χ3v) is 4.51. The zero-order valence-corrected chi connectivity index (χ0v) is 12.7. The van der Waals surface area contributed by atoms with Crippen LogP contribution in [0, 0.1) is 11.8 Å². The van der Waals surface area contributed by atoms with Crippen molar-refractivity contribution in [2.24, 2.45) is 18.9 Å². The first kappa shape index (κ1) is 14.6. The minimum absolute atomic E-state index is 0.707. The van der Waals surface area contributed by atoms with Crippen molar-refractivity contribution in [3.8, 4) is 0 Å². The second kappa shape index (κ2) is 7.09. The number of rotatable bonds is 6. The van der Waals surface area contributed by atoms with Crippen LogP contribution >= 0.6 is 0 Å². The molecular formula is C16H29N3. The summed E-state index contributed by atoms with van der Waals surface area (Å²) in [5, 5.41) is 8.00. The van der Waals surface area contributed by atoms with Gasteiger partial charge in [-0.1, -0.05) is 26.7 Å². The largest absolute Gasteiger partial charge is 0.314 e. The summed E-state index contributed by atoms with van der Waals surface area (Å²) in [5.41, 5.74) is 1.40. The molecule has 19 heavy (non-hydrogen) atoms. The highest BCUT2D eigenvalue weighted by Crippen LogP contribution is 2.34. The standard InChI is InChI=1S/C16H29N3/c1-4-6-13-7-8-16(17-5-2)15(9-13)10-14-11-18-19(3)12-14/h11-13,15-17H,4-10H2,1-3H3. The molecule has 3 unspecified atom stereocenters. The molecule has 0 saturated heterocycles. The van der Waals surface area contributed by atoms with E-state index in [2.05, 4.69) is 30.5 Å². The van der Waals surface area contributed by atoms with Gasteiger partial charge in [-0.25, -0.2) is 0 Å². The van der Waals surface area contributed by atoms with Crippen molar-refractivity contribution in [3.05, 3.63) is 18.0 Å². The Balaban J connectivity index is 1.98. The maximum atomic E-state index is 4.30. The molecule has 0 spiro atoms. The van der Waals surface area contributed by atoms with E-state index in [-0.39, 0.29) is 0 Å². The van der Waals surface area contributed by atoms with Crippen LogP contribution in [0.2, 0.25) is 0 Å². The predicted molar refractivity (Wildman–Crippen MR) is 80.1 cm³/mol. The van der Waals surface area contributed by atoms with Crippen LogP contribution in [0.4, 0.5) is 0 Å². The van der Waals surface area contributed by atoms with Crippen molar-refractivity contribution in [2.75, 3.05) is 6.54 Å². The molecule has 108 valence electrons. The van der Waals surface area contributed by atoms with Gasteiger partial charge in [0.2, 0.25) is 0 Å². The Morgan fingerprint density at radius 1 is 1.37 bits per heavy atom. The Labute approximate surface area is 117 Å². The molecule has 1 saturated carbocycles. The summed E-state index contributed by atoms with van der Waals surface area (Å²) in [6.07, 6.45) is 12.3. The molecule has 0 amide bonds. The molecule has 0 aromatic carbocycles. The average Bonchev–Trinajstić information content (AvgIpc) is 2.79. The molecule has 2 rings (SSSR count). The minimum Gasteiger partial charge on any atom is -0.314 e. The molecule has 0 aliphatic heterocycles. The van der Waals surface area contributed by atoms with Gasteiger partial charge in [-0.05, 0) is 49.6 Å². The number of nitrogens with one attached hydrogen (secondary N) is 1. The van der Waals surface area contributed by atoms with Crippen LogP contribution in [0.1, 0.15) is 51.5 Å². The minimum atomic E-state index is 0.707. The van der Waals surface area contributed by atoms with Crippen molar-refractivity contribution >= 4 is 0 Å². The van der Waals surface area contributed by atoms with Crippen molar-refractivity contribution in [1.29, 1.82) is 0 Å². The predicted octanol–water partition coefficient (Wildman–Crippen LogP) is 3.16. The van der Waals surface area contributed by atoms with Gasteiger partial charge in [-0.2, -0.15) is 5.10 Å². The van der Waals surface area contributed by atoms with Gasteiger partial charge < -0.3 is 5.32 Å². The van der Waals surface area contributed by atoms with Crippen LogP contribution < -0.4 is 5.32 Å². The molecule has 3 heteroatoms. The first-order chi connectivity index (χ1) is 9.22. The number of hydrogen-bond acceptors (Lipinski definition) is 2. The molecule has 1 aliphatic rings. The summed E-state index contributed by atoms with van der Waals surface area (Å²) in [5.74, 6) is 1.73. The van der Waals surface area contributed by atoms with Gasteiger partial charge in [0.1, 0.15) is 0 Å². The molecule has 0 bridgehead atoms. The average molecular weight is 263 g/mol. The van der Waals surface area contributed by atoms with Gasteiger partial charge in [0.25, 0.3) is 0 Å². The molecular weight excluding hydrogens is 234 g/mol. The zero-order valence-electron chi connectivity index (χ0n) is 12.7. The summed E-state index contributed by atoms with van der Waals surface area (Å²) in [6.45, 7) is 5.62. The first-order valence-corrected chi connectivity index (χ1v) is 7.93. The van der Waals surface area contributed by atoms with Gasteiger partial charge in [0, 0.05) is 19.3 Å². The van der Waals surface area contributed by atoms with E-state index in [1.54, 1.807) is 0 Å². The van der Waals surface area contributed by atoms with Gasteiger partial charge >= 0.3 is 0 Å². The van der Waals surface area contributed by atoms with Gasteiger partial charge in [0.15, 0.2) is 0 Å². The molecule has 1 aliphatic carbocycles. The van der Waals surface area contributed by atoms with E-state index < -0.39 is 0 Å². The van der Waals surface area contributed by atoms with Crippen LogP contribution in [0.5, 0.6) is 0 Å². The topological polar surface area (TPSA) is 29.9 Å². The summed E-state index contributed by atoms with van der Waals surface area (Å²) in [7, 11) is 2.01. The zero-order chi connectivity index (χ0) is 13.7. The quantitative estimate of drug-likeness (QED) is 0.854. The van der Waals surface area contributed by atoms with Crippen molar-refractivity contribution in [1.82, 2.24) is 15.1 Å². The molecule has 1 N–H and O–H groups in total. The van der Waals surface area contributed by atoms with Crippen LogP contribution in [-0.2, 0) is 13.5 Å². The van der Waals surface area contributed by atoms with Crippen LogP contribution in [-0.4, -0.2) is 22.4 Å². The van der Waals surface area contributed by atoms with Crippen LogP contribution in [0.15, 0.2) is 12.4 Å². The monoisotopic (exact) mass is 263 g/mol. The maximum absolute atomic E-state index is 4.30. The van der Waals surface area contributed by atoms with Crippen molar-refractivity contribution in [2.45, 2.75) is 58.4 Å². The fourth-order valence-electron chi connectivity index (χ4n) is 3.67. The molecule has 0 radical (unpaired) electrons. The Hall–Kier alpha value is -0.830. The Morgan fingerprint density at radius 3 is 2.84 bits per heavy atom. The van der Waals surface area contributed by atoms with Crippen LogP contribution in [0.3, 0.4) is 0 Å². The van der Waals surface area contributed by atoms with E-state index in [1.165, 1.54) is 44.1 Å². The number of nitrogens with zero attached hydrogens (tertiary/aromatic N) is 2. The Bertz CT molecular complexity index is 372. The highest BCUT2D eigenvalue weighted by Gasteiger charge is 2.29. The van der Waals surface area contributed by atoms with E-state index >= 15 is 0 Å². The van der Waals surface area contributed by atoms with E-state index in [0.29, 0.717) is 6.04 Å². The lowest BCUT2D eigenvalue weighted by Gasteiger charge is -2.36. The lowest BCUT2D eigenvalue weighted by atomic mass is 9.74. The van der Waals surface area contributed by atoms with Gasteiger partial charge in [-0.3, -0.25) is 4.68 Å². The molecule has 3 nitrogen and oxygen atoms in total. The highest BCUT2D eigenvalue weighted by atomic mass is 15.2. The van der Waals surface area contributed by atoms with Crippen molar-refractivity contribution < 1.29 is 0 Å². The fraction of sp³-hybridized carbons (Fsp3) is 0.812. The SMILES string of the molecule is CCCC1CCC(NCC)C(Cc2cnn(C)c2)C1. The maximum Gasteiger partial charge on any atom is 0.0521 e. The Kier molecular flexibility index (Phi) is 5.44. The normalized spacial score (nSPS) is 27.6. The lowest BCUT2D eigenvalue weighted by Crippen LogP contribution is -2.41. The first-order valence-electron chi connectivity index (χ1n) is 7.93. The Morgan fingerprint density at radius 2 is 2.21 bits per heavy atom. The van der Waals surface area contributed by atoms with Gasteiger partial charge in [0.05, 0.1) is 6.20 Å². The van der Waals surface area contributed by atoms with E-state index in [0.717, 1.165) is 18.4 Å². The third-order valence-electron chi connectivity index (χ3n) is 4.51. The molecule has 1 fully saturated rings. The van der Waals surface area contributed by atoms with E-state index in [9.17, 15) is 0 Å². The number of aryl methyl sites for hydroxylation is 1. The number of hydrogen-bond donors (Lipinski definition) is 1. The third kappa shape index (κ3) is 4.07. The van der Waals surface area contributed by atoms with Crippen LogP contribution in [0.25, 0.3) is 0 Å². The summed E-state index contributed by atoms with van der Waals surface area (Å²) >= 11 is 0. The molecule has 1 aromatic heterocycles. The van der Waals surface area contributed by atoms with Gasteiger partial charge in [-0.15, -0.1) is 0 Å².